The number of amides is 1. The van der Waals surface area contributed by atoms with Crippen LogP contribution in [0.25, 0.3) is 0 Å². The van der Waals surface area contributed by atoms with E-state index in [-0.39, 0.29) is 11.3 Å². The molecule has 4 nitrogen and oxygen atoms in total. The number of nitrogens with zero attached hydrogens (tertiary/aromatic N) is 3. The standard InChI is InChI=1S/C15H17N3OS/c1-15(2,3)13-12(20-9-17-13)14(19)18-7-5-10-8-16-6-4-11(10)18/h4,6,8-9H,5,7H2,1-3H3. The molecule has 0 saturated carbocycles. The maximum absolute atomic E-state index is 12.8. The summed E-state index contributed by atoms with van der Waals surface area (Å²) in [6, 6.07) is 1.91. The number of hydrogen-bond acceptors (Lipinski definition) is 4. The van der Waals surface area contributed by atoms with Crippen LogP contribution in [0.3, 0.4) is 0 Å². The molecule has 1 aliphatic rings. The Kier molecular flexibility index (Phi) is 3.09. The molecule has 0 aliphatic carbocycles. The van der Waals surface area contributed by atoms with Gasteiger partial charge in [0.05, 0.1) is 16.9 Å². The molecule has 2 aromatic heterocycles. The van der Waals surface area contributed by atoms with Crippen molar-refractivity contribution < 1.29 is 4.79 Å². The van der Waals surface area contributed by atoms with E-state index in [9.17, 15) is 4.79 Å². The Labute approximate surface area is 122 Å². The maximum Gasteiger partial charge on any atom is 0.270 e. The fourth-order valence-electron chi connectivity index (χ4n) is 2.49. The zero-order chi connectivity index (χ0) is 14.3. The molecule has 20 heavy (non-hydrogen) atoms. The van der Waals surface area contributed by atoms with E-state index < -0.39 is 0 Å². The largest absolute Gasteiger partial charge is 0.307 e. The third-order valence-electron chi connectivity index (χ3n) is 3.49. The second-order valence-electron chi connectivity index (χ2n) is 5.99. The van der Waals surface area contributed by atoms with E-state index in [2.05, 4.69) is 30.7 Å². The number of carbonyl (C=O) groups is 1. The van der Waals surface area contributed by atoms with Crippen LogP contribution in [-0.4, -0.2) is 22.4 Å². The summed E-state index contributed by atoms with van der Waals surface area (Å²) >= 11 is 1.43. The van der Waals surface area contributed by atoms with Crippen molar-refractivity contribution in [3.63, 3.8) is 0 Å². The quantitative estimate of drug-likeness (QED) is 0.810. The number of rotatable bonds is 1. The van der Waals surface area contributed by atoms with Crippen LogP contribution in [0.2, 0.25) is 0 Å². The molecule has 0 radical (unpaired) electrons. The highest BCUT2D eigenvalue weighted by atomic mass is 32.1. The Morgan fingerprint density at radius 3 is 2.95 bits per heavy atom. The summed E-state index contributed by atoms with van der Waals surface area (Å²) in [7, 11) is 0. The van der Waals surface area contributed by atoms with Crippen molar-refractivity contribution in [3.8, 4) is 0 Å². The number of aromatic nitrogens is 2. The first-order valence-electron chi connectivity index (χ1n) is 6.67. The van der Waals surface area contributed by atoms with E-state index in [4.69, 9.17) is 0 Å². The number of thiazole rings is 1. The maximum atomic E-state index is 12.8. The summed E-state index contributed by atoms with van der Waals surface area (Å²) < 4.78 is 0. The van der Waals surface area contributed by atoms with Crippen molar-refractivity contribution in [1.29, 1.82) is 0 Å². The van der Waals surface area contributed by atoms with Gasteiger partial charge >= 0.3 is 0 Å². The number of hydrogen-bond donors (Lipinski definition) is 0. The normalized spacial score (nSPS) is 14.4. The summed E-state index contributed by atoms with van der Waals surface area (Å²) in [5.41, 5.74) is 4.65. The van der Waals surface area contributed by atoms with Crippen LogP contribution in [0, 0.1) is 0 Å². The van der Waals surface area contributed by atoms with Gasteiger partial charge in [-0.25, -0.2) is 4.98 Å². The Hall–Kier alpha value is -1.75. The minimum Gasteiger partial charge on any atom is -0.307 e. The lowest BCUT2D eigenvalue weighted by atomic mass is 9.91. The fourth-order valence-corrected chi connectivity index (χ4v) is 3.44. The number of carbonyl (C=O) groups excluding carboxylic acids is 1. The van der Waals surface area contributed by atoms with Gasteiger partial charge < -0.3 is 4.90 Å². The Morgan fingerprint density at radius 1 is 1.40 bits per heavy atom. The second-order valence-corrected chi connectivity index (χ2v) is 6.85. The van der Waals surface area contributed by atoms with Crippen LogP contribution in [0.5, 0.6) is 0 Å². The van der Waals surface area contributed by atoms with E-state index >= 15 is 0 Å². The van der Waals surface area contributed by atoms with Gasteiger partial charge in [0.1, 0.15) is 4.88 Å². The molecule has 3 rings (SSSR count). The Morgan fingerprint density at radius 2 is 2.20 bits per heavy atom. The lowest BCUT2D eigenvalue weighted by Gasteiger charge is -2.21. The Balaban J connectivity index is 1.98. The molecule has 0 spiro atoms. The van der Waals surface area contributed by atoms with E-state index in [1.165, 1.54) is 11.3 Å². The molecule has 5 heteroatoms. The molecular formula is C15H17N3OS. The summed E-state index contributed by atoms with van der Waals surface area (Å²) in [5.74, 6) is 0.0578. The molecule has 0 aromatic carbocycles. The minimum atomic E-state index is -0.119. The third-order valence-corrected chi connectivity index (χ3v) is 4.31. The lowest BCUT2D eigenvalue weighted by Crippen LogP contribution is -2.30. The predicted molar refractivity (Wildman–Crippen MR) is 80.4 cm³/mol. The highest BCUT2D eigenvalue weighted by Gasteiger charge is 2.31. The second kappa shape index (κ2) is 4.66. The molecule has 0 atom stereocenters. The monoisotopic (exact) mass is 287 g/mol. The zero-order valence-corrected chi connectivity index (χ0v) is 12.7. The molecule has 0 unspecified atom stereocenters. The fraction of sp³-hybridized carbons (Fsp3) is 0.400. The average molecular weight is 287 g/mol. The highest BCUT2D eigenvalue weighted by molar-refractivity contribution is 7.12. The summed E-state index contributed by atoms with van der Waals surface area (Å²) in [5, 5.41) is 0. The molecule has 0 N–H and O–H groups in total. The van der Waals surface area contributed by atoms with Gasteiger partial charge in [0.25, 0.3) is 5.91 Å². The number of fused-ring (bicyclic) bond motifs is 1. The van der Waals surface area contributed by atoms with Crippen molar-refractivity contribution in [1.82, 2.24) is 9.97 Å². The van der Waals surface area contributed by atoms with E-state index in [0.717, 1.165) is 34.8 Å². The summed E-state index contributed by atoms with van der Waals surface area (Å²) in [4.78, 5) is 23.9. The summed E-state index contributed by atoms with van der Waals surface area (Å²) in [6.45, 7) is 6.98. The molecule has 0 fully saturated rings. The lowest BCUT2D eigenvalue weighted by molar-refractivity contribution is 0.0991. The molecule has 0 bridgehead atoms. The number of pyridine rings is 1. The van der Waals surface area contributed by atoms with Crippen LogP contribution < -0.4 is 4.90 Å². The first-order chi connectivity index (χ1) is 9.48. The minimum absolute atomic E-state index is 0.0578. The van der Waals surface area contributed by atoms with Crippen LogP contribution in [-0.2, 0) is 11.8 Å². The van der Waals surface area contributed by atoms with Crippen LogP contribution in [0.15, 0.2) is 24.0 Å². The van der Waals surface area contributed by atoms with Gasteiger partial charge in [-0.3, -0.25) is 9.78 Å². The molecule has 3 heterocycles. The first kappa shape index (κ1) is 13.2. The highest BCUT2D eigenvalue weighted by Crippen LogP contribution is 2.32. The van der Waals surface area contributed by atoms with Crippen LogP contribution in [0.1, 0.15) is 41.7 Å². The van der Waals surface area contributed by atoms with Crippen molar-refractivity contribution in [3.05, 3.63) is 40.1 Å². The van der Waals surface area contributed by atoms with Gasteiger partial charge in [0.2, 0.25) is 0 Å². The van der Waals surface area contributed by atoms with Crippen LogP contribution >= 0.6 is 11.3 Å². The van der Waals surface area contributed by atoms with Gasteiger partial charge in [0.15, 0.2) is 0 Å². The van der Waals surface area contributed by atoms with Crippen molar-refractivity contribution in [2.75, 3.05) is 11.4 Å². The molecule has 2 aromatic rings. The topological polar surface area (TPSA) is 46.1 Å². The predicted octanol–water partition coefficient (Wildman–Crippen LogP) is 3.04. The molecule has 104 valence electrons. The summed E-state index contributed by atoms with van der Waals surface area (Å²) in [6.07, 6.45) is 4.46. The smallest absolute Gasteiger partial charge is 0.270 e. The molecule has 1 aliphatic heterocycles. The number of anilines is 1. The van der Waals surface area contributed by atoms with Gasteiger partial charge in [-0.15, -0.1) is 11.3 Å². The van der Waals surface area contributed by atoms with Crippen molar-refractivity contribution in [2.45, 2.75) is 32.6 Å². The van der Waals surface area contributed by atoms with E-state index in [0.29, 0.717) is 0 Å². The van der Waals surface area contributed by atoms with Crippen LogP contribution in [0.4, 0.5) is 5.69 Å². The molecular weight excluding hydrogens is 270 g/mol. The van der Waals surface area contributed by atoms with E-state index in [1.807, 2.05) is 17.2 Å². The Bertz CT molecular complexity index is 657. The van der Waals surface area contributed by atoms with Gasteiger partial charge in [0, 0.05) is 24.4 Å². The molecule has 1 amide bonds. The van der Waals surface area contributed by atoms with Gasteiger partial charge in [-0.05, 0) is 18.1 Å². The van der Waals surface area contributed by atoms with E-state index in [1.54, 1.807) is 11.7 Å². The van der Waals surface area contributed by atoms with Gasteiger partial charge in [-0.2, -0.15) is 0 Å². The van der Waals surface area contributed by atoms with Crippen molar-refractivity contribution >= 4 is 22.9 Å². The van der Waals surface area contributed by atoms with Crippen molar-refractivity contribution in [2.24, 2.45) is 0 Å². The average Bonchev–Trinajstić information content (AvgIpc) is 3.04. The third kappa shape index (κ3) is 2.12. The first-order valence-corrected chi connectivity index (χ1v) is 7.55. The zero-order valence-electron chi connectivity index (χ0n) is 11.9. The molecule has 0 saturated heterocycles. The SMILES string of the molecule is CC(C)(C)c1ncsc1C(=O)N1CCc2cnccc21. The van der Waals surface area contributed by atoms with Gasteiger partial charge in [-0.1, -0.05) is 20.8 Å².